The Bertz CT molecular complexity index is 7140. The maximum absolute atomic E-state index is 6.90. The Morgan fingerprint density at radius 1 is 0.275 bits per heavy atom. The number of para-hydroxylation sites is 5. The lowest BCUT2D eigenvalue weighted by Crippen LogP contribution is -2.33. The highest BCUT2D eigenvalue weighted by Gasteiger charge is 2.28. The Morgan fingerprint density at radius 3 is 1.29 bits per heavy atom. The number of aromatic nitrogens is 5. The molecule has 1 aliphatic rings. The van der Waals surface area contributed by atoms with E-state index in [-0.39, 0.29) is 0 Å². The number of furan rings is 4. The predicted molar refractivity (Wildman–Crippen MR) is 411 cm³/mol. The van der Waals surface area contributed by atoms with Gasteiger partial charge in [0.1, 0.15) is 56.7 Å². The Labute approximate surface area is 579 Å². The summed E-state index contributed by atoms with van der Waals surface area (Å²) in [5, 5.41) is 16.6. The molecular weight excluding hydrogens is 1260 g/mol. The van der Waals surface area contributed by atoms with E-state index in [4.69, 9.17) is 42.6 Å². The Hall–Kier alpha value is -14.0. The van der Waals surface area contributed by atoms with Gasteiger partial charge in [0.25, 0.3) is 0 Å². The zero-order chi connectivity index (χ0) is 66.7. The standard InChI is InChI=1S/C90H52N8O4/c1-3-17-51(18-4-1)85-91-87(54-31-37-65-63-24-10-15-29-77(63)99-79(65)46-54)94-88(92-85)55-32-38-66-69-41-36-59(50-83(69)100-80(66)47-55)98-75-28-14-9-23-62(75)70-43-53(34-42-76(70)98)57-44-71-64-25-11-16-30-78(64)102-84(71)72(45-57)90-95-86(52-19-5-2-6-20-52)93-89(96-90)56-33-39-67-68-40-35-58(49-82(68)101-81(67)48-56)97-73-26-12-7-21-60(73)61-22-8-13-27-74(61)97/h1-50,89H,(H,93,95,96). The molecule has 0 aliphatic carbocycles. The van der Waals surface area contributed by atoms with Crippen LogP contribution in [0.2, 0.25) is 0 Å². The summed E-state index contributed by atoms with van der Waals surface area (Å²) in [5.41, 5.74) is 19.8. The molecule has 1 atom stereocenters. The number of fused-ring (bicyclic) bond motifs is 18. The summed E-state index contributed by atoms with van der Waals surface area (Å²) in [6, 6.07) is 105. The largest absolute Gasteiger partial charge is 0.456 e. The van der Waals surface area contributed by atoms with Crippen molar-refractivity contribution in [3.8, 4) is 56.7 Å². The Balaban J connectivity index is 0.629. The van der Waals surface area contributed by atoms with Crippen molar-refractivity contribution in [2.75, 3.05) is 0 Å². The van der Waals surface area contributed by atoms with Gasteiger partial charge in [0, 0.05) is 116 Å². The van der Waals surface area contributed by atoms with Crippen molar-refractivity contribution in [2.24, 2.45) is 9.98 Å². The van der Waals surface area contributed by atoms with E-state index in [1.54, 1.807) is 0 Å². The molecule has 22 rings (SSSR count). The third kappa shape index (κ3) is 8.72. The third-order valence-electron chi connectivity index (χ3n) is 20.4. The van der Waals surface area contributed by atoms with Crippen LogP contribution in [-0.2, 0) is 0 Å². The van der Waals surface area contributed by atoms with Crippen molar-refractivity contribution in [1.82, 2.24) is 29.4 Å². The van der Waals surface area contributed by atoms with E-state index < -0.39 is 6.17 Å². The van der Waals surface area contributed by atoms with Gasteiger partial charge in [-0.05, 0) is 120 Å². The van der Waals surface area contributed by atoms with Crippen LogP contribution in [0.5, 0.6) is 0 Å². The molecule has 0 bridgehead atoms. The van der Waals surface area contributed by atoms with Crippen LogP contribution in [0.15, 0.2) is 331 Å². The lowest BCUT2D eigenvalue weighted by molar-refractivity contribution is 0.651. The molecule has 12 nitrogen and oxygen atoms in total. The van der Waals surface area contributed by atoms with Gasteiger partial charge in [-0.15, -0.1) is 0 Å². The van der Waals surface area contributed by atoms with Gasteiger partial charge < -0.3 is 32.1 Å². The van der Waals surface area contributed by atoms with Crippen LogP contribution in [0.3, 0.4) is 0 Å². The van der Waals surface area contributed by atoms with E-state index in [1.807, 2.05) is 91.0 Å². The van der Waals surface area contributed by atoms with Crippen LogP contribution >= 0.6 is 0 Å². The summed E-state index contributed by atoms with van der Waals surface area (Å²) < 4.78 is 31.6. The molecule has 21 aromatic rings. The second-order valence-electron chi connectivity index (χ2n) is 26.3. The number of nitrogens with one attached hydrogen (secondary N) is 1. The first kappa shape index (κ1) is 56.1. The molecule has 476 valence electrons. The molecular formula is C90H52N8O4. The van der Waals surface area contributed by atoms with E-state index in [0.29, 0.717) is 29.1 Å². The third-order valence-corrected chi connectivity index (χ3v) is 20.4. The SMILES string of the molecule is c1ccc(C2=NC(c3ccc4c(c3)oc3cc(-n5c6ccccc6c6ccccc65)ccc34)NC(c3cc(-c4ccc5c(c4)c4ccccc4n5-c4ccc5c(c4)oc4cc(-c6nc(-c7ccccc7)nc(-c7ccc8c(c7)oc7ccccc78)n6)ccc45)cc4c3oc3ccccc34)=N2)cc1. The highest BCUT2D eigenvalue weighted by molar-refractivity contribution is 6.21. The molecule has 1 N–H and O–H groups in total. The van der Waals surface area contributed by atoms with Crippen molar-refractivity contribution in [1.29, 1.82) is 0 Å². The number of hydrogen-bond donors (Lipinski definition) is 1. The van der Waals surface area contributed by atoms with Gasteiger partial charge >= 0.3 is 0 Å². The van der Waals surface area contributed by atoms with Gasteiger partial charge in [-0.25, -0.2) is 24.9 Å². The lowest BCUT2D eigenvalue weighted by atomic mass is 9.97. The first-order valence-electron chi connectivity index (χ1n) is 34.1. The quantitative estimate of drug-likeness (QED) is 0.151. The normalized spacial score (nSPS) is 13.6. The number of aliphatic imine (C=N–C) groups is 2. The van der Waals surface area contributed by atoms with Crippen molar-refractivity contribution < 1.29 is 17.7 Å². The molecule has 14 aromatic carbocycles. The van der Waals surface area contributed by atoms with Gasteiger partial charge in [0.05, 0.1) is 27.6 Å². The highest BCUT2D eigenvalue weighted by atomic mass is 16.3. The molecule has 1 unspecified atom stereocenters. The molecule has 7 aromatic heterocycles. The maximum atomic E-state index is 6.90. The zero-order valence-electron chi connectivity index (χ0n) is 54.2. The molecule has 8 heterocycles. The summed E-state index contributed by atoms with van der Waals surface area (Å²) in [5.74, 6) is 2.89. The molecule has 0 radical (unpaired) electrons. The Kier molecular flexibility index (Phi) is 12.0. The summed E-state index contributed by atoms with van der Waals surface area (Å²) in [6.07, 6.45) is -0.540. The van der Waals surface area contributed by atoms with E-state index in [9.17, 15) is 0 Å². The summed E-state index contributed by atoms with van der Waals surface area (Å²) in [7, 11) is 0. The number of hydrogen-bond acceptors (Lipinski definition) is 10. The van der Waals surface area contributed by atoms with Gasteiger partial charge in [-0.2, -0.15) is 0 Å². The number of rotatable bonds is 9. The molecule has 0 amide bonds. The van der Waals surface area contributed by atoms with Crippen molar-refractivity contribution in [2.45, 2.75) is 6.17 Å². The first-order valence-corrected chi connectivity index (χ1v) is 34.1. The van der Waals surface area contributed by atoms with Crippen molar-refractivity contribution in [3.05, 3.63) is 320 Å². The highest BCUT2D eigenvalue weighted by Crippen LogP contribution is 2.43. The lowest BCUT2D eigenvalue weighted by Gasteiger charge is -2.24. The zero-order valence-corrected chi connectivity index (χ0v) is 54.2. The average molecular weight is 1310 g/mol. The van der Waals surface area contributed by atoms with E-state index in [2.05, 4.69) is 227 Å². The Morgan fingerprint density at radius 2 is 0.696 bits per heavy atom. The summed E-state index contributed by atoms with van der Waals surface area (Å²) >= 11 is 0. The fourth-order valence-electron chi connectivity index (χ4n) is 15.6. The van der Waals surface area contributed by atoms with Crippen LogP contribution in [-0.4, -0.2) is 35.8 Å². The van der Waals surface area contributed by atoms with Crippen molar-refractivity contribution >= 4 is 143 Å². The fraction of sp³-hybridized carbons (Fsp3) is 0.0111. The molecule has 0 fully saturated rings. The topological polar surface area (TPSA) is 138 Å². The average Bonchev–Trinajstić information content (AvgIpc) is 1.59. The van der Waals surface area contributed by atoms with Crippen LogP contribution in [0.4, 0.5) is 0 Å². The first-order chi connectivity index (χ1) is 50.5. The molecule has 12 heteroatoms. The monoisotopic (exact) mass is 1310 g/mol. The van der Waals surface area contributed by atoms with Crippen LogP contribution in [0.25, 0.3) is 188 Å². The summed E-state index contributed by atoms with van der Waals surface area (Å²) in [6.45, 7) is 0. The van der Waals surface area contributed by atoms with Gasteiger partial charge in [0.2, 0.25) is 0 Å². The van der Waals surface area contributed by atoms with Gasteiger partial charge in [0.15, 0.2) is 23.3 Å². The van der Waals surface area contributed by atoms with E-state index in [1.165, 1.54) is 10.8 Å². The van der Waals surface area contributed by atoms with Gasteiger partial charge in [-0.1, -0.05) is 182 Å². The molecule has 102 heavy (non-hydrogen) atoms. The number of amidine groups is 2. The number of benzene rings is 14. The van der Waals surface area contributed by atoms with Crippen molar-refractivity contribution in [3.63, 3.8) is 0 Å². The smallest absolute Gasteiger partial charge is 0.164 e. The fourth-order valence-corrected chi connectivity index (χ4v) is 15.6. The van der Waals surface area contributed by atoms with E-state index in [0.717, 1.165) is 176 Å². The molecule has 1 aliphatic heterocycles. The summed E-state index contributed by atoms with van der Waals surface area (Å²) in [4.78, 5) is 26.0. The van der Waals surface area contributed by atoms with E-state index >= 15 is 0 Å². The molecule has 0 saturated carbocycles. The molecule has 0 saturated heterocycles. The van der Waals surface area contributed by atoms with Crippen LogP contribution in [0.1, 0.15) is 22.9 Å². The van der Waals surface area contributed by atoms with Gasteiger partial charge in [-0.3, -0.25) is 0 Å². The second-order valence-corrected chi connectivity index (χ2v) is 26.3. The van der Waals surface area contributed by atoms with Crippen LogP contribution < -0.4 is 5.32 Å². The second kappa shape index (κ2) is 21.8. The maximum Gasteiger partial charge on any atom is 0.164 e. The van der Waals surface area contributed by atoms with Crippen LogP contribution in [0, 0.1) is 0 Å². The number of nitrogens with zero attached hydrogens (tertiary/aromatic N) is 7. The minimum absolute atomic E-state index is 0.533. The predicted octanol–water partition coefficient (Wildman–Crippen LogP) is 22.8. The molecule has 0 spiro atoms. The minimum Gasteiger partial charge on any atom is -0.456 e. The minimum atomic E-state index is -0.540.